The Labute approximate surface area is 108 Å². The van der Waals surface area contributed by atoms with Gasteiger partial charge in [0.15, 0.2) is 0 Å². The summed E-state index contributed by atoms with van der Waals surface area (Å²) in [5.41, 5.74) is 1.13. The molecule has 0 saturated heterocycles. The lowest BCUT2D eigenvalue weighted by molar-refractivity contribution is 0.282. The lowest BCUT2D eigenvalue weighted by Gasteiger charge is -2.12. The second-order valence-electron chi connectivity index (χ2n) is 3.53. The van der Waals surface area contributed by atoms with E-state index >= 15 is 0 Å². The van der Waals surface area contributed by atoms with Crippen molar-refractivity contribution in [3.63, 3.8) is 0 Å². The zero-order valence-corrected chi connectivity index (χ0v) is 10.3. The van der Waals surface area contributed by atoms with Crippen molar-refractivity contribution in [1.29, 1.82) is 0 Å². The molecule has 0 aromatic heterocycles. The third-order valence-electron chi connectivity index (χ3n) is 2.48. The van der Waals surface area contributed by atoms with Crippen molar-refractivity contribution in [2.45, 2.75) is 6.61 Å². The summed E-state index contributed by atoms with van der Waals surface area (Å²) in [6.45, 7) is -0.269. The van der Waals surface area contributed by atoms with Crippen LogP contribution in [-0.2, 0) is 6.61 Å². The van der Waals surface area contributed by atoms with Crippen LogP contribution >= 0.6 is 23.2 Å². The van der Waals surface area contributed by atoms with Crippen LogP contribution in [0.4, 0.5) is 4.39 Å². The molecule has 2 aromatic carbocycles. The first-order valence-electron chi connectivity index (χ1n) is 4.97. The fraction of sp³-hybridized carbons (Fsp3) is 0.0769. The molecule has 1 N–H and O–H groups in total. The van der Waals surface area contributed by atoms with Crippen molar-refractivity contribution in [1.82, 2.24) is 0 Å². The highest BCUT2D eigenvalue weighted by molar-refractivity contribution is 6.39. The number of hydrogen-bond donors (Lipinski definition) is 1. The molecule has 0 aliphatic carbocycles. The second-order valence-corrected chi connectivity index (χ2v) is 4.34. The maximum atomic E-state index is 13.9. The van der Waals surface area contributed by atoms with Gasteiger partial charge in [-0.15, -0.1) is 0 Å². The molecule has 0 aliphatic heterocycles. The van der Waals surface area contributed by atoms with E-state index in [9.17, 15) is 9.50 Å². The Morgan fingerprint density at radius 2 is 1.53 bits per heavy atom. The van der Waals surface area contributed by atoms with Crippen LogP contribution in [0.5, 0.6) is 0 Å². The maximum absolute atomic E-state index is 13.9. The third-order valence-corrected chi connectivity index (χ3v) is 3.11. The molecular formula is C13H9Cl2FO. The van der Waals surface area contributed by atoms with Gasteiger partial charge in [0, 0.05) is 11.1 Å². The van der Waals surface area contributed by atoms with Gasteiger partial charge in [-0.1, -0.05) is 41.4 Å². The van der Waals surface area contributed by atoms with Crippen LogP contribution in [0.25, 0.3) is 11.1 Å². The second kappa shape index (κ2) is 5.05. The number of halogens is 3. The minimum atomic E-state index is -0.452. The van der Waals surface area contributed by atoms with Gasteiger partial charge >= 0.3 is 0 Å². The Bertz CT molecular complexity index is 535. The molecule has 0 atom stereocenters. The fourth-order valence-electron chi connectivity index (χ4n) is 1.72. The van der Waals surface area contributed by atoms with Gasteiger partial charge in [-0.25, -0.2) is 4.39 Å². The summed E-state index contributed by atoms with van der Waals surface area (Å²) in [6, 6.07) is 9.45. The van der Waals surface area contributed by atoms with E-state index in [-0.39, 0.29) is 12.2 Å². The number of rotatable bonds is 2. The minimum Gasteiger partial charge on any atom is -0.392 e. The topological polar surface area (TPSA) is 20.2 Å². The van der Waals surface area contributed by atoms with Gasteiger partial charge in [0.2, 0.25) is 0 Å². The Morgan fingerprint density at radius 3 is 2.12 bits per heavy atom. The summed E-state index contributed by atoms with van der Waals surface area (Å²) >= 11 is 12.1. The van der Waals surface area contributed by atoms with Crippen molar-refractivity contribution in [2.24, 2.45) is 0 Å². The monoisotopic (exact) mass is 270 g/mol. The third kappa shape index (κ3) is 2.29. The Kier molecular flexibility index (Phi) is 3.67. The zero-order chi connectivity index (χ0) is 12.4. The first kappa shape index (κ1) is 12.4. The first-order chi connectivity index (χ1) is 8.15. The van der Waals surface area contributed by atoms with Crippen LogP contribution in [0.2, 0.25) is 10.0 Å². The summed E-state index contributed by atoms with van der Waals surface area (Å²) in [5.74, 6) is -0.452. The van der Waals surface area contributed by atoms with E-state index in [0.717, 1.165) is 0 Å². The molecule has 0 saturated carbocycles. The largest absolute Gasteiger partial charge is 0.392 e. The van der Waals surface area contributed by atoms with Crippen molar-refractivity contribution in [3.05, 3.63) is 57.8 Å². The van der Waals surface area contributed by atoms with Crippen LogP contribution in [-0.4, -0.2) is 5.11 Å². The molecule has 1 nitrogen and oxygen atoms in total. The van der Waals surface area contributed by atoms with Crippen LogP contribution in [0.3, 0.4) is 0 Å². The highest BCUT2D eigenvalue weighted by atomic mass is 35.5. The Morgan fingerprint density at radius 1 is 0.941 bits per heavy atom. The van der Waals surface area contributed by atoms with Gasteiger partial charge in [-0.2, -0.15) is 0 Å². The molecule has 0 unspecified atom stereocenters. The lowest BCUT2D eigenvalue weighted by atomic mass is 9.99. The van der Waals surface area contributed by atoms with Crippen molar-refractivity contribution >= 4 is 23.2 Å². The maximum Gasteiger partial charge on any atom is 0.131 e. The quantitative estimate of drug-likeness (QED) is 0.863. The molecule has 0 fully saturated rings. The van der Waals surface area contributed by atoms with E-state index in [1.165, 1.54) is 12.1 Å². The van der Waals surface area contributed by atoms with Gasteiger partial charge in [-0.3, -0.25) is 0 Å². The van der Waals surface area contributed by atoms with E-state index < -0.39 is 5.82 Å². The van der Waals surface area contributed by atoms with Crippen LogP contribution in [0.15, 0.2) is 36.4 Å². The van der Waals surface area contributed by atoms with Gasteiger partial charge in [0.1, 0.15) is 5.82 Å². The SMILES string of the molecule is OCc1cccc(F)c1-c1c(Cl)cccc1Cl. The predicted octanol–water partition coefficient (Wildman–Crippen LogP) is 4.29. The predicted molar refractivity (Wildman–Crippen MR) is 67.8 cm³/mol. The molecule has 0 heterocycles. The summed E-state index contributed by atoms with van der Waals surface area (Å²) in [5, 5.41) is 9.95. The molecule has 4 heteroatoms. The molecule has 0 spiro atoms. The Balaban J connectivity index is 2.76. The molecule has 17 heavy (non-hydrogen) atoms. The van der Waals surface area contributed by atoms with Gasteiger partial charge < -0.3 is 5.11 Å². The molecule has 0 radical (unpaired) electrons. The lowest BCUT2D eigenvalue weighted by Crippen LogP contribution is -1.94. The summed E-state index contributed by atoms with van der Waals surface area (Å²) in [6.07, 6.45) is 0. The molecule has 0 amide bonds. The molecular weight excluding hydrogens is 262 g/mol. The van der Waals surface area contributed by atoms with Crippen LogP contribution in [0.1, 0.15) is 5.56 Å². The van der Waals surface area contributed by atoms with E-state index in [1.807, 2.05) is 0 Å². The van der Waals surface area contributed by atoms with E-state index in [2.05, 4.69) is 0 Å². The normalized spacial score (nSPS) is 10.6. The zero-order valence-electron chi connectivity index (χ0n) is 8.75. The minimum absolute atomic E-state index is 0.255. The van der Waals surface area contributed by atoms with Crippen LogP contribution < -0.4 is 0 Å². The molecule has 0 bridgehead atoms. The average Bonchev–Trinajstić information content (AvgIpc) is 2.30. The molecule has 0 aliphatic rings. The number of benzene rings is 2. The number of hydrogen-bond acceptors (Lipinski definition) is 1. The van der Waals surface area contributed by atoms with E-state index in [4.69, 9.17) is 23.2 Å². The van der Waals surface area contributed by atoms with Gasteiger partial charge in [0.05, 0.1) is 16.7 Å². The van der Waals surface area contributed by atoms with E-state index in [0.29, 0.717) is 21.2 Å². The Hall–Kier alpha value is -1.09. The highest BCUT2D eigenvalue weighted by Gasteiger charge is 2.16. The van der Waals surface area contributed by atoms with Crippen molar-refractivity contribution < 1.29 is 9.50 Å². The van der Waals surface area contributed by atoms with Gasteiger partial charge in [0.25, 0.3) is 0 Å². The number of aliphatic hydroxyl groups excluding tert-OH is 1. The smallest absolute Gasteiger partial charge is 0.131 e. The summed E-state index contributed by atoms with van der Waals surface area (Å²) in [7, 11) is 0. The highest BCUT2D eigenvalue weighted by Crippen LogP contribution is 2.37. The van der Waals surface area contributed by atoms with Crippen molar-refractivity contribution in [2.75, 3.05) is 0 Å². The molecule has 2 rings (SSSR count). The average molecular weight is 271 g/mol. The number of aliphatic hydroxyl groups is 1. The van der Waals surface area contributed by atoms with Crippen LogP contribution in [0, 0.1) is 5.82 Å². The standard InChI is InChI=1S/C13H9Cl2FO/c14-9-4-2-5-10(15)13(9)12-8(7-17)3-1-6-11(12)16/h1-6,17H,7H2. The molecule has 2 aromatic rings. The van der Waals surface area contributed by atoms with E-state index in [1.54, 1.807) is 24.3 Å². The fourth-order valence-corrected chi connectivity index (χ4v) is 2.30. The first-order valence-corrected chi connectivity index (χ1v) is 5.73. The van der Waals surface area contributed by atoms with Gasteiger partial charge in [-0.05, 0) is 23.8 Å². The summed E-state index contributed by atoms with van der Waals surface area (Å²) in [4.78, 5) is 0. The van der Waals surface area contributed by atoms with Crippen molar-refractivity contribution in [3.8, 4) is 11.1 Å². The summed E-state index contributed by atoms with van der Waals surface area (Å²) < 4.78 is 13.9. The molecule has 88 valence electrons.